The maximum Gasteiger partial charge on any atom is 0.488 e. The number of carbonyl (C=O) groups excluding carboxylic acids is 1. The predicted octanol–water partition coefficient (Wildman–Crippen LogP) is 5.47. The Hall–Kier alpha value is -1.93. The van der Waals surface area contributed by atoms with Crippen LogP contribution in [0.25, 0.3) is 0 Å². The lowest BCUT2D eigenvalue weighted by Crippen LogP contribution is -2.43. The summed E-state index contributed by atoms with van der Waals surface area (Å²) in [6.45, 7) is 2.31. The highest BCUT2D eigenvalue weighted by molar-refractivity contribution is 8.13. The van der Waals surface area contributed by atoms with Gasteiger partial charge in [-0.3, -0.25) is 4.79 Å². The van der Waals surface area contributed by atoms with E-state index in [0.717, 1.165) is 49.1 Å². The average molecular weight is 476 g/mol. The maximum absolute atomic E-state index is 13.2. The molecule has 0 unspecified atom stereocenters. The summed E-state index contributed by atoms with van der Waals surface area (Å²) in [5, 5.41) is 0.996. The highest BCUT2D eigenvalue weighted by Gasteiger charge is 2.56. The number of halogens is 1. The summed E-state index contributed by atoms with van der Waals surface area (Å²) >= 11 is 1.28. The Morgan fingerprint density at radius 3 is 2.78 bits per heavy atom. The average Bonchev–Trinajstić information content (AvgIpc) is 3.10. The van der Waals surface area contributed by atoms with E-state index in [9.17, 15) is 17.1 Å². The van der Waals surface area contributed by atoms with E-state index in [1.165, 1.54) is 17.3 Å². The molecular formula is C24H26FNO4S2. The van der Waals surface area contributed by atoms with Crippen molar-refractivity contribution in [2.24, 2.45) is 23.2 Å². The summed E-state index contributed by atoms with van der Waals surface area (Å²) in [4.78, 5) is 17.5. The third kappa shape index (κ3) is 3.96. The van der Waals surface area contributed by atoms with E-state index in [1.807, 2.05) is 24.3 Å². The number of benzene rings is 1. The van der Waals surface area contributed by atoms with Gasteiger partial charge in [-0.1, -0.05) is 22.9 Å². The van der Waals surface area contributed by atoms with Crippen molar-refractivity contribution in [1.29, 1.82) is 0 Å². The first-order chi connectivity index (χ1) is 15.2. The van der Waals surface area contributed by atoms with Crippen LogP contribution < -0.4 is 4.18 Å². The van der Waals surface area contributed by atoms with Crippen LogP contribution in [0.3, 0.4) is 0 Å². The van der Waals surface area contributed by atoms with Crippen LogP contribution in [0.4, 0.5) is 3.89 Å². The van der Waals surface area contributed by atoms with Gasteiger partial charge in [0.05, 0.1) is 0 Å². The molecule has 1 heterocycles. The van der Waals surface area contributed by atoms with Crippen molar-refractivity contribution in [2.75, 3.05) is 0 Å². The summed E-state index contributed by atoms with van der Waals surface area (Å²) in [5.74, 6) is 1.48. The molecule has 0 N–H and O–H groups in total. The fourth-order valence-corrected chi connectivity index (χ4v) is 8.02. The molecular weight excluding hydrogens is 449 g/mol. The molecule has 1 aromatic carbocycles. The summed E-state index contributed by atoms with van der Waals surface area (Å²) in [6.07, 6.45) is 7.52. The highest BCUT2D eigenvalue weighted by atomic mass is 32.3. The smallest absolute Gasteiger partial charge is 0.358 e. The van der Waals surface area contributed by atoms with Crippen molar-refractivity contribution < 1.29 is 21.3 Å². The van der Waals surface area contributed by atoms with Gasteiger partial charge < -0.3 is 4.18 Å². The van der Waals surface area contributed by atoms with Crippen LogP contribution in [-0.2, 0) is 21.7 Å². The lowest BCUT2D eigenvalue weighted by molar-refractivity contribution is -0.119. The zero-order valence-corrected chi connectivity index (χ0v) is 19.5. The standard InChI is InChI=1S/C24H26FNO4S2/c1-24-12-11-18-17-8-6-16(30-32(25,28)29)14-15(17)5-7-19(18)20(24)9-10-21(24)23(27)31-22-4-2-3-13-26-22/h2-4,6,8,13-14,18-21H,5,7,9-12H2,1H3/t18-,19-,20+,21-,24+/m1/s1. The second-order valence-corrected chi connectivity index (χ2v) is 11.5. The molecule has 5 atom stereocenters. The minimum Gasteiger partial charge on any atom is -0.358 e. The van der Waals surface area contributed by atoms with E-state index in [4.69, 9.17) is 0 Å². The minimum atomic E-state index is -5.02. The van der Waals surface area contributed by atoms with Crippen molar-refractivity contribution in [1.82, 2.24) is 4.98 Å². The van der Waals surface area contributed by atoms with Gasteiger partial charge in [0.2, 0.25) is 0 Å². The molecule has 0 aliphatic heterocycles. The van der Waals surface area contributed by atoms with Gasteiger partial charge in [0.1, 0.15) is 10.8 Å². The third-order valence-electron chi connectivity index (χ3n) is 8.02. The Bertz CT molecular complexity index is 1140. The predicted molar refractivity (Wildman–Crippen MR) is 120 cm³/mol. The van der Waals surface area contributed by atoms with Gasteiger partial charge >= 0.3 is 10.5 Å². The summed E-state index contributed by atoms with van der Waals surface area (Å²) in [6, 6.07) is 10.8. The molecule has 1 aromatic heterocycles. The zero-order valence-electron chi connectivity index (χ0n) is 17.9. The second-order valence-electron chi connectivity index (χ2n) is 9.52. The summed E-state index contributed by atoms with van der Waals surface area (Å²) in [7, 11) is -5.02. The normalized spacial score (nSPS) is 31.3. The number of pyridine rings is 1. The first-order valence-electron chi connectivity index (χ1n) is 11.1. The first-order valence-corrected chi connectivity index (χ1v) is 13.3. The van der Waals surface area contributed by atoms with Crippen molar-refractivity contribution in [3.05, 3.63) is 53.7 Å². The van der Waals surface area contributed by atoms with E-state index in [2.05, 4.69) is 16.1 Å². The van der Waals surface area contributed by atoms with Crippen LogP contribution >= 0.6 is 11.8 Å². The Labute approximate surface area is 192 Å². The number of rotatable bonds is 4. The molecule has 2 saturated carbocycles. The topological polar surface area (TPSA) is 73.3 Å². The van der Waals surface area contributed by atoms with Crippen molar-refractivity contribution in [3.8, 4) is 5.75 Å². The van der Waals surface area contributed by atoms with E-state index >= 15 is 0 Å². The first kappa shape index (κ1) is 21.9. The van der Waals surface area contributed by atoms with E-state index < -0.39 is 10.5 Å². The molecule has 2 aromatic rings. The molecule has 3 aliphatic carbocycles. The number of nitrogens with zero attached hydrogens (tertiary/aromatic N) is 1. The fourth-order valence-electron chi connectivity index (χ4n) is 6.69. The third-order valence-corrected chi connectivity index (χ3v) is 9.35. The quantitative estimate of drug-likeness (QED) is 0.432. The minimum absolute atomic E-state index is 0.00287. The lowest BCUT2D eigenvalue weighted by atomic mass is 9.54. The second kappa shape index (κ2) is 8.13. The largest absolute Gasteiger partial charge is 0.488 e. The number of hydrogen-bond acceptors (Lipinski definition) is 6. The molecule has 0 spiro atoms. The summed E-state index contributed by atoms with van der Waals surface area (Å²) < 4.78 is 39.0. The number of thioether (sulfide) groups is 1. The summed E-state index contributed by atoms with van der Waals surface area (Å²) in [5.41, 5.74) is 2.28. The Morgan fingerprint density at radius 1 is 1.19 bits per heavy atom. The van der Waals surface area contributed by atoms with Crippen LogP contribution in [0, 0.1) is 23.2 Å². The molecule has 0 saturated heterocycles. The number of carbonyl (C=O) groups is 1. The lowest BCUT2D eigenvalue weighted by Gasteiger charge is -2.50. The fraction of sp³-hybridized carbons (Fsp3) is 0.500. The van der Waals surface area contributed by atoms with Crippen LogP contribution in [0.2, 0.25) is 0 Å². The highest BCUT2D eigenvalue weighted by Crippen LogP contribution is 2.63. The molecule has 3 aliphatic rings. The molecule has 0 amide bonds. The van der Waals surface area contributed by atoms with Crippen molar-refractivity contribution in [2.45, 2.75) is 56.4 Å². The SMILES string of the molecule is C[C@]12CC[C@@H]3c4ccc(OS(=O)(=O)F)cc4CC[C@H]3[C@@H]1CC[C@@H]2C(=O)Sc1ccccn1. The van der Waals surface area contributed by atoms with Crippen LogP contribution in [0.5, 0.6) is 5.75 Å². The van der Waals surface area contributed by atoms with Crippen molar-refractivity contribution >= 4 is 27.4 Å². The van der Waals surface area contributed by atoms with Gasteiger partial charge in [0.25, 0.3) is 0 Å². The van der Waals surface area contributed by atoms with Gasteiger partial charge in [0, 0.05) is 12.1 Å². The van der Waals surface area contributed by atoms with Crippen LogP contribution in [0.1, 0.15) is 56.1 Å². The maximum atomic E-state index is 13.2. The van der Waals surface area contributed by atoms with Crippen LogP contribution in [-0.4, -0.2) is 18.5 Å². The van der Waals surface area contributed by atoms with Gasteiger partial charge in [0.15, 0.2) is 5.12 Å². The number of fused-ring (bicyclic) bond motifs is 5. The van der Waals surface area contributed by atoms with Gasteiger partial charge in [-0.2, -0.15) is 8.42 Å². The monoisotopic (exact) mass is 475 g/mol. The molecule has 0 radical (unpaired) electrons. The molecule has 5 rings (SSSR count). The van der Waals surface area contributed by atoms with Gasteiger partial charge in [-0.05, 0) is 109 Å². The molecule has 0 bridgehead atoms. The zero-order chi connectivity index (χ0) is 22.5. The molecule has 8 heteroatoms. The molecule has 5 nitrogen and oxygen atoms in total. The van der Waals surface area contributed by atoms with Crippen LogP contribution in [0.15, 0.2) is 47.6 Å². The Morgan fingerprint density at radius 2 is 2.03 bits per heavy atom. The van der Waals surface area contributed by atoms with Crippen molar-refractivity contribution in [3.63, 3.8) is 0 Å². The molecule has 2 fully saturated rings. The number of hydrogen-bond donors (Lipinski definition) is 0. The molecule has 170 valence electrons. The number of aromatic nitrogens is 1. The van der Waals surface area contributed by atoms with E-state index in [0.29, 0.717) is 17.8 Å². The molecule has 32 heavy (non-hydrogen) atoms. The Kier molecular flexibility index (Phi) is 5.56. The number of aryl methyl sites for hydroxylation is 1. The van der Waals surface area contributed by atoms with E-state index in [-0.39, 0.29) is 22.2 Å². The van der Waals surface area contributed by atoms with E-state index in [1.54, 1.807) is 18.3 Å². The van der Waals surface area contributed by atoms with Gasteiger partial charge in [-0.25, -0.2) is 4.98 Å². The Balaban J connectivity index is 1.35. The van der Waals surface area contributed by atoms with Gasteiger partial charge in [-0.15, -0.1) is 0 Å².